The molecule has 106 valence electrons. The van der Waals surface area contributed by atoms with Crippen LogP contribution in [0.1, 0.15) is 10.4 Å². The highest BCUT2D eigenvalue weighted by atomic mass is 32.1. The summed E-state index contributed by atoms with van der Waals surface area (Å²) < 4.78 is 11.9. The number of carboxylic acid groups (broad SMARTS) is 1. The molecule has 0 saturated heterocycles. The molecule has 0 radical (unpaired) electrons. The van der Waals surface area contributed by atoms with Crippen LogP contribution in [-0.2, 0) is 0 Å². The highest BCUT2D eigenvalue weighted by molar-refractivity contribution is 7.17. The number of benzene rings is 1. The van der Waals surface area contributed by atoms with Gasteiger partial charge in [0.1, 0.15) is 17.1 Å². The van der Waals surface area contributed by atoms with Crippen LogP contribution >= 0.6 is 11.3 Å². The van der Waals surface area contributed by atoms with Crippen LogP contribution < -0.4 is 9.47 Å². The van der Waals surface area contributed by atoms with Crippen LogP contribution in [0.15, 0.2) is 41.9 Å². The molecule has 0 bridgehead atoms. The van der Waals surface area contributed by atoms with Crippen molar-refractivity contribution >= 4 is 27.4 Å². The summed E-state index contributed by atoms with van der Waals surface area (Å²) >= 11 is 1.57. The molecule has 1 aromatic carbocycles. The van der Waals surface area contributed by atoms with E-state index in [1.165, 1.54) is 19.2 Å². The zero-order valence-electron chi connectivity index (χ0n) is 11.1. The van der Waals surface area contributed by atoms with Gasteiger partial charge in [0.05, 0.1) is 12.5 Å². The van der Waals surface area contributed by atoms with Crippen molar-refractivity contribution in [1.82, 2.24) is 4.98 Å². The molecule has 2 aromatic heterocycles. The lowest BCUT2D eigenvalue weighted by Gasteiger charge is -2.10. The predicted molar refractivity (Wildman–Crippen MR) is 79.6 cm³/mol. The van der Waals surface area contributed by atoms with Gasteiger partial charge in [0.25, 0.3) is 0 Å². The van der Waals surface area contributed by atoms with Gasteiger partial charge in [-0.1, -0.05) is 0 Å². The van der Waals surface area contributed by atoms with Gasteiger partial charge in [-0.15, -0.1) is 11.3 Å². The Balaban J connectivity index is 2.08. The van der Waals surface area contributed by atoms with Gasteiger partial charge in [0.15, 0.2) is 0 Å². The summed E-state index contributed by atoms with van der Waals surface area (Å²) in [5.41, 5.74) is 0.0600. The highest BCUT2D eigenvalue weighted by Gasteiger charge is 2.15. The van der Waals surface area contributed by atoms with Gasteiger partial charge < -0.3 is 14.6 Å². The SMILES string of the molecule is COc1ccc(C(=O)O)c(Oc2nccc3sccc23)c1. The summed E-state index contributed by atoms with van der Waals surface area (Å²) in [6.45, 7) is 0. The molecule has 0 amide bonds. The predicted octanol–water partition coefficient (Wildman–Crippen LogP) is 3.80. The van der Waals surface area contributed by atoms with E-state index in [1.54, 1.807) is 23.6 Å². The van der Waals surface area contributed by atoms with Gasteiger partial charge in [-0.3, -0.25) is 0 Å². The Hall–Kier alpha value is -2.60. The number of aromatic nitrogens is 1. The average Bonchev–Trinajstić information content (AvgIpc) is 2.96. The molecule has 0 aliphatic heterocycles. The summed E-state index contributed by atoms with van der Waals surface area (Å²) in [6.07, 6.45) is 1.63. The zero-order chi connectivity index (χ0) is 14.8. The molecule has 21 heavy (non-hydrogen) atoms. The van der Waals surface area contributed by atoms with E-state index < -0.39 is 5.97 Å². The van der Waals surface area contributed by atoms with E-state index >= 15 is 0 Å². The fourth-order valence-electron chi connectivity index (χ4n) is 1.95. The molecule has 0 aliphatic rings. The van der Waals surface area contributed by atoms with Crippen LogP contribution in [0.3, 0.4) is 0 Å². The van der Waals surface area contributed by atoms with E-state index in [0.29, 0.717) is 11.6 Å². The minimum atomic E-state index is -1.06. The number of ether oxygens (including phenoxy) is 2. The Morgan fingerprint density at radius 1 is 1.29 bits per heavy atom. The average molecular weight is 301 g/mol. The number of fused-ring (bicyclic) bond motifs is 1. The molecule has 0 saturated carbocycles. The molecule has 0 unspecified atom stereocenters. The Morgan fingerprint density at radius 3 is 2.90 bits per heavy atom. The second-order valence-corrected chi connectivity index (χ2v) is 5.17. The van der Waals surface area contributed by atoms with Crippen molar-refractivity contribution in [2.24, 2.45) is 0 Å². The van der Waals surface area contributed by atoms with Gasteiger partial charge in [-0.25, -0.2) is 9.78 Å². The summed E-state index contributed by atoms with van der Waals surface area (Å²) in [7, 11) is 1.51. The van der Waals surface area contributed by atoms with Crippen LogP contribution in [-0.4, -0.2) is 23.2 Å². The molecule has 2 heterocycles. The first-order valence-corrected chi connectivity index (χ1v) is 6.98. The lowest BCUT2D eigenvalue weighted by molar-refractivity contribution is 0.0694. The second kappa shape index (κ2) is 5.41. The number of nitrogens with zero attached hydrogens (tertiary/aromatic N) is 1. The lowest BCUT2D eigenvalue weighted by Crippen LogP contribution is -2.01. The van der Waals surface area contributed by atoms with Gasteiger partial charge in [-0.2, -0.15) is 0 Å². The van der Waals surface area contributed by atoms with Crippen molar-refractivity contribution in [1.29, 1.82) is 0 Å². The van der Waals surface area contributed by atoms with Crippen molar-refractivity contribution in [3.63, 3.8) is 0 Å². The highest BCUT2D eigenvalue weighted by Crippen LogP contribution is 2.33. The Morgan fingerprint density at radius 2 is 2.14 bits per heavy atom. The number of carboxylic acids is 1. The molecular formula is C15H11NO4S. The topological polar surface area (TPSA) is 68.7 Å². The number of hydrogen-bond donors (Lipinski definition) is 1. The molecule has 5 nitrogen and oxygen atoms in total. The summed E-state index contributed by atoms with van der Waals surface area (Å²) in [5.74, 6) is 0.0372. The number of carbonyl (C=O) groups is 1. The standard InChI is InChI=1S/C15H11NO4S/c1-19-9-2-3-10(15(17)18)12(8-9)20-14-11-5-7-21-13(11)4-6-16-14/h2-8H,1H3,(H,17,18). The van der Waals surface area contributed by atoms with Gasteiger partial charge >= 0.3 is 5.97 Å². The maximum Gasteiger partial charge on any atom is 0.339 e. The minimum Gasteiger partial charge on any atom is -0.497 e. The monoisotopic (exact) mass is 301 g/mol. The number of pyridine rings is 1. The summed E-state index contributed by atoms with van der Waals surface area (Å²) in [4.78, 5) is 15.5. The number of hydrogen-bond acceptors (Lipinski definition) is 5. The first-order valence-electron chi connectivity index (χ1n) is 6.10. The fraction of sp³-hybridized carbons (Fsp3) is 0.0667. The first-order chi connectivity index (χ1) is 10.2. The summed E-state index contributed by atoms with van der Waals surface area (Å²) in [5, 5.41) is 12.0. The largest absolute Gasteiger partial charge is 0.497 e. The van der Waals surface area contributed by atoms with Crippen LogP contribution in [0.25, 0.3) is 10.1 Å². The molecule has 0 spiro atoms. The molecular weight excluding hydrogens is 290 g/mol. The van der Waals surface area contributed by atoms with Crippen LogP contribution in [0, 0.1) is 0 Å². The molecule has 3 rings (SSSR count). The van der Waals surface area contributed by atoms with E-state index in [-0.39, 0.29) is 11.3 Å². The van der Waals surface area contributed by atoms with E-state index in [4.69, 9.17) is 9.47 Å². The lowest BCUT2D eigenvalue weighted by atomic mass is 10.2. The molecule has 3 aromatic rings. The fourth-order valence-corrected chi connectivity index (χ4v) is 2.72. The first kappa shape index (κ1) is 13.4. The van der Waals surface area contributed by atoms with E-state index in [0.717, 1.165) is 10.1 Å². The number of rotatable bonds is 4. The third-order valence-electron chi connectivity index (χ3n) is 2.97. The Labute approximate surface area is 124 Å². The van der Waals surface area contributed by atoms with Crippen molar-refractivity contribution in [3.8, 4) is 17.4 Å². The smallest absolute Gasteiger partial charge is 0.339 e. The molecule has 1 N–H and O–H groups in total. The quantitative estimate of drug-likeness (QED) is 0.794. The molecule has 0 aliphatic carbocycles. The molecule has 0 fully saturated rings. The van der Waals surface area contributed by atoms with Crippen molar-refractivity contribution in [3.05, 3.63) is 47.5 Å². The van der Waals surface area contributed by atoms with Gasteiger partial charge in [-0.05, 0) is 29.6 Å². The third-order valence-corrected chi connectivity index (χ3v) is 3.85. The third kappa shape index (κ3) is 2.53. The number of aromatic carboxylic acids is 1. The maximum absolute atomic E-state index is 11.3. The van der Waals surface area contributed by atoms with E-state index in [2.05, 4.69) is 4.98 Å². The van der Waals surface area contributed by atoms with Crippen LogP contribution in [0.4, 0.5) is 0 Å². The maximum atomic E-state index is 11.3. The Bertz CT molecular complexity index is 812. The van der Waals surface area contributed by atoms with E-state index in [1.807, 2.05) is 17.5 Å². The number of methoxy groups -OCH3 is 1. The van der Waals surface area contributed by atoms with Gasteiger partial charge in [0, 0.05) is 17.0 Å². The van der Waals surface area contributed by atoms with Crippen molar-refractivity contribution < 1.29 is 19.4 Å². The minimum absolute atomic E-state index is 0.0600. The Kier molecular flexibility index (Phi) is 3.45. The van der Waals surface area contributed by atoms with Crippen LogP contribution in [0.5, 0.6) is 17.4 Å². The summed E-state index contributed by atoms with van der Waals surface area (Å²) in [6, 6.07) is 8.34. The van der Waals surface area contributed by atoms with Crippen LogP contribution in [0.2, 0.25) is 0 Å². The number of thiophene rings is 1. The van der Waals surface area contributed by atoms with Gasteiger partial charge in [0.2, 0.25) is 5.88 Å². The zero-order valence-corrected chi connectivity index (χ0v) is 11.9. The molecule has 0 atom stereocenters. The van der Waals surface area contributed by atoms with E-state index in [9.17, 15) is 9.90 Å². The van der Waals surface area contributed by atoms with Crippen molar-refractivity contribution in [2.45, 2.75) is 0 Å². The molecule has 6 heteroatoms. The van der Waals surface area contributed by atoms with Crippen molar-refractivity contribution in [2.75, 3.05) is 7.11 Å². The second-order valence-electron chi connectivity index (χ2n) is 4.22. The normalized spacial score (nSPS) is 10.5.